The number of nitrogens with zero attached hydrogens (tertiary/aromatic N) is 1. The number of non-ortho nitro benzene ring substituents is 1. The van der Waals surface area contributed by atoms with Crippen molar-refractivity contribution in [3.63, 3.8) is 0 Å². The van der Waals surface area contributed by atoms with Crippen LogP contribution < -0.4 is 15.4 Å². The predicted molar refractivity (Wildman–Crippen MR) is 98.8 cm³/mol. The summed E-state index contributed by atoms with van der Waals surface area (Å²) in [7, 11) is -3.80. The van der Waals surface area contributed by atoms with Gasteiger partial charge in [0.1, 0.15) is 0 Å². The third kappa shape index (κ3) is 6.87. The largest absolute Gasteiger partial charge is 0.356 e. The number of carbonyl (C=O) groups is 1. The Bertz CT molecular complexity index is 705. The van der Waals surface area contributed by atoms with Crippen molar-refractivity contribution in [3.05, 3.63) is 34.4 Å². The summed E-state index contributed by atoms with van der Waals surface area (Å²) in [6, 6.07) is 4.58. The average Bonchev–Trinajstić information content (AvgIpc) is 2.61. The summed E-state index contributed by atoms with van der Waals surface area (Å²) in [6.45, 7) is 2.44. The van der Waals surface area contributed by atoms with Gasteiger partial charge in [0.25, 0.3) is 5.69 Å². The number of hydrogen-bond donors (Lipinski definition) is 3. The van der Waals surface area contributed by atoms with E-state index in [1.807, 2.05) is 0 Å². The van der Waals surface area contributed by atoms with Crippen molar-refractivity contribution in [2.45, 2.75) is 24.2 Å². The Morgan fingerprint density at radius 1 is 1.31 bits per heavy atom. The Labute approximate surface area is 158 Å². The molecule has 2 rings (SSSR count). The number of halogens is 1. The summed E-state index contributed by atoms with van der Waals surface area (Å²) in [5.74, 6) is 0.200. The molecule has 146 valence electrons. The summed E-state index contributed by atoms with van der Waals surface area (Å²) >= 11 is 0. The highest BCUT2D eigenvalue weighted by Crippen LogP contribution is 2.15. The minimum Gasteiger partial charge on any atom is -0.356 e. The smallest absolute Gasteiger partial charge is 0.269 e. The Balaban J connectivity index is 0.00000338. The third-order valence-corrected chi connectivity index (χ3v) is 5.47. The van der Waals surface area contributed by atoms with Gasteiger partial charge in [-0.15, -0.1) is 12.4 Å². The van der Waals surface area contributed by atoms with Crippen molar-refractivity contribution in [1.82, 2.24) is 15.4 Å². The topological polar surface area (TPSA) is 130 Å². The predicted octanol–water partition coefficient (Wildman–Crippen LogP) is 0.801. The minimum absolute atomic E-state index is 0. The van der Waals surface area contributed by atoms with Gasteiger partial charge in [-0.05, 0) is 44.0 Å². The standard InChI is InChI=1S/C15H22N4O5S.ClH/c20-15(17-11-12-2-1-8-16-10-12)7-9-18-25(23,24)14-5-3-13(4-6-14)19(21)22;/h3-6,12,16,18H,1-2,7-11H2,(H,17,20);1H. The zero-order valence-electron chi connectivity index (χ0n) is 14.1. The van der Waals surface area contributed by atoms with E-state index in [9.17, 15) is 23.3 Å². The molecule has 1 unspecified atom stereocenters. The lowest BCUT2D eigenvalue weighted by Gasteiger charge is -2.22. The van der Waals surface area contributed by atoms with Crippen LogP contribution in [0.3, 0.4) is 0 Å². The van der Waals surface area contributed by atoms with Crippen LogP contribution in [0.25, 0.3) is 0 Å². The molecule has 0 spiro atoms. The number of amides is 1. The van der Waals surface area contributed by atoms with Gasteiger partial charge in [0.05, 0.1) is 9.82 Å². The molecule has 11 heteroatoms. The molecule has 1 fully saturated rings. The van der Waals surface area contributed by atoms with Crippen LogP contribution in [0.1, 0.15) is 19.3 Å². The molecule has 9 nitrogen and oxygen atoms in total. The molecule has 1 heterocycles. The Hall–Kier alpha value is -1.75. The number of hydrogen-bond acceptors (Lipinski definition) is 6. The molecule has 1 aliphatic rings. The van der Waals surface area contributed by atoms with E-state index in [0.29, 0.717) is 12.5 Å². The summed E-state index contributed by atoms with van der Waals surface area (Å²) < 4.78 is 26.5. The van der Waals surface area contributed by atoms with E-state index in [1.54, 1.807) is 0 Å². The molecule has 26 heavy (non-hydrogen) atoms. The van der Waals surface area contributed by atoms with E-state index in [4.69, 9.17) is 0 Å². The van der Waals surface area contributed by atoms with Crippen LogP contribution in [-0.4, -0.2) is 45.4 Å². The maximum Gasteiger partial charge on any atom is 0.269 e. The van der Waals surface area contributed by atoms with Gasteiger partial charge in [-0.3, -0.25) is 14.9 Å². The molecular formula is C15H23ClN4O5S. The lowest BCUT2D eigenvalue weighted by atomic mass is 10.00. The average molecular weight is 407 g/mol. The quantitative estimate of drug-likeness (QED) is 0.432. The maximum atomic E-state index is 12.1. The number of nitro groups is 1. The number of carbonyl (C=O) groups excluding carboxylic acids is 1. The summed E-state index contributed by atoms with van der Waals surface area (Å²) in [6.07, 6.45) is 2.20. The number of nitrogens with one attached hydrogen (secondary N) is 3. The van der Waals surface area contributed by atoms with E-state index in [1.165, 1.54) is 0 Å². The van der Waals surface area contributed by atoms with Crippen LogP contribution >= 0.6 is 12.4 Å². The Kier molecular flexibility index (Phi) is 8.93. The summed E-state index contributed by atoms with van der Waals surface area (Å²) in [5, 5.41) is 16.7. The van der Waals surface area contributed by atoms with Crippen molar-refractivity contribution < 1.29 is 18.1 Å². The number of nitro benzene ring substituents is 1. The van der Waals surface area contributed by atoms with Gasteiger partial charge in [0.15, 0.2) is 0 Å². The van der Waals surface area contributed by atoms with Crippen LogP contribution in [0.5, 0.6) is 0 Å². The molecule has 1 aliphatic heterocycles. The van der Waals surface area contributed by atoms with Crippen molar-refractivity contribution in [3.8, 4) is 0 Å². The van der Waals surface area contributed by atoms with Crippen molar-refractivity contribution in [2.75, 3.05) is 26.2 Å². The molecule has 1 atom stereocenters. The summed E-state index contributed by atoms with van der Waals surface area (Å²) in [5.41, 5.74) is -0.185. The van der Waals surface area contributed by atoms with Crippen LogP contribution in [0.2, 0.25) is 0 Å². The number of piperidine rings is 1. The Morgan fingerprint density at radius 3 is 2.58 bits per heavy atom. The van der Waals surface area contributed by atoms with Crippen molar-refractivity contribution >= 4 is 34.0 Å². The highest BCUT2D eigenvalue weighted by molar-refractivity contribution is 7.89. The highest BCUT2D eigenvalue weighted by atomic mass is 35.5. The van der Waals surface area contributed by atoms with E-state index >= 15 is 0 Å². The molecule has 0 aromatic heterocycles. The first-order chi connectivity index (χ1) is 11.9. The zero-order chi connectivity index (χ0) is 18.3. The molecule has 3 N–H and O–H groups in total. The molecule has 1 aromatic rings. The Morgan fingerprint density at radius 2 is 2.00 bits per heavy atom. The maximum absolute atomic E-state index is 12.1. The molecule has 0 radical (unpaired) electrons. The van der Waals surface area contributed by atoms with Gasteiger partial charge in [-0.1, -0.05) is 0 Å². The van der Waals surface area contributed by atoms with Crippen LogP contribution in [0.15, 0.2) is 29.2 Å². The zero-order valence-corrected chi connectivity index (χ0v) is 15.8. The molecule has 1 aromatic carbocycles. The van der Waals surface area contributed by atoms with E-state index < -0.39 is 14.9 Å². The minimum atomic E-state index is -3.80. The number of rotatable bonds is 8. The van der Waals surface area contributed by atoms with E-state index in [2.05, 4.69) is 15.4 Å². The molecule has 1 amide bonds. The second-order valence-electron chi connectivity index (χ2n) is 5.92. The van der Waals surface area contributed by atoms with Gasteiger partial charge < -0.3 is 10.6 Å². The highest BCUT2D eigenvalue weighted by Gasteiger charge is 2.17. The third-order valence-electron chi connectivity index (χ3n) is 3.99. The second kappa shape index (κ2) is 10.4. The van der Waals surface area contributed by atoms with Gasteiger partial charge >= 0.3 is 0 Å². The van der Waals surface area contributed by atoms with Crippen LogP contribution in [0.4, 0.5) is 5.69 Å². The fourth-order valence-corrected chi connectivity index (χ4v) is 3.61. The lowest BCUT2D eigenvalue weighted by molar-refractivity contribution is -0.384. The number of sulfonamides is 1. The van der Waals surface area contributed by atoms with Gasteiger partial charge in [0.2, 0.25) is 15.9 Å². The molecule has 0 aliphatic carbocycles. The monoisotopic (exact) mass is 406 g/mol. The van der Waals surface area contributed by atoms with Crippen molar-refractivity contribution in [1.29, 1.82) is 0 Å². The van der Waals surface area contributed by atoms with Gasteiger partial charge in [0, 0.05) is 31.6 Å². The second-order valence-corrected chi connectivity index (χ2v) is 7.68. The van der Waals surface area contributed by atoms with E-state index in [-0.39, 0.29) is 41.9 Å². The molecule has 0 saturated carbocycles. The normalized spacial score (nSPS) is 17.2. The molecule has 0 bridgehead atoms. The number of benzene rings is 1. The summed E-state index contributed by atoms with van der Waals surface area (Å²) in [4.78, 5) is 21.7. The van der Waals surface area contributed by atoms with Gasteiger partial charge in [-0.2, -0.15) is 0 Å². The first kappa shape index (κ1) is 22.3. The first-order valence-electron chi connectivity index (χ1n) is 8.10. The lowest BCUT2D eigenvalue weighted by Crippen LogP contribution is -2.39. The van der Waals surface area contributed by atoms with E-state index in [0.717, 1.165) is 50.2 Å². The van der Waals surface area contributed by atoms with Gasteiger partial charge in [-0.25, -0.2) is 13.1 Å². The van der Waals surface area contributed by atoms with Crippen molar-refractivity contribution in [2.24, 2.45) is 5.92 Å². The fourth-order valence-electron chi connectivity index (χ4n) is 2.57. The molecular weight excluding hydrogens is 384 g/mol. The van der Waals surface area contributed by atoms with Crippen LogP contribution in [-0.2, 0) is 14.8 Å². The first-order valence-corrected chi connectivity index (χ1v) is 9.58. The molecule has 1 saturated heterocycles. The fraction of sp³-hybridized carbons (Fsp3) is 0.533. The SMILES string of the molecule is Cl.O=C(CCNS(=O)(=O)c1ccc([N+](=O)[O-])cc1)NCC1CCCNC1. The van der Waals surface area contributed by atoms with Crippen LogP contribution in [0, 0.1) is 16.0 Å².